The molecular formula is C18H12ClF2N3O2. The molecule has 0 aliphatic carbocycles. The highest BCUT2D eigenvalue weighted by Crippen LogP contribution is 2.19. The van der Waals surface area contributed by atoms with Gasteiger partial charge in [0.1, 0.15) is 18.2 Å². The third-order valence-corrected chi connectivity index (χ3v) is 3.74. The maximum atomic E-state index is 13.7. The summed E-state index contributed by atoms with van der Waals surface area (Å²) in [5.41, 5.74) is 0.385. The summed E-state index contributed by atoms with van der Waals surface area (Å²) in [6.45, 7) is -0.417. The molecule has 5 nitrogen and oxygen atoms in total. The molecule has 0 saturated heterocycles. The fraction of sp³-hybridized carbons (Fsp3) is 0.0556. The molecule has 3 rings (SSSR count). The quantitative estimate of drug-likeness (QED) is 0.759. The van der Waals surface area contributed by atoms with E-state index in [1.165, 1.54) is 48.5 Å². The van der Waals surface area contributed by atoms with Crippen molar-refractivity contribution in [2.24, 2.45) is 0 Å². The Hall–Kier alpha value is -3.06. The molecule has 0 aliphatic heterocycles. The number of halogens is 3. The molecule has 0 radical (unpaired) electrons. The molecule has 0 aliphatic rings. The van der Waals surface area contributed by atoms with Gasteiger partial charge in [0.2, 0.25) is 5.91 Å². The monoisotopic (exact) mass is 375 g/mol. The van der Waals surface area contributed by atoms with Crippen LogP contribution in [0.5, 0.6) is 0 Å². The Balaban J connectivity index is 1.81. The predicted octanol–water partition coefficient (Wildman–Crippen LogP) is 3.48. The van der Waals surface area contributed by atoms with Gasteiger partial charge in [0.15, 0.2) is 0 Å². The summed E-state index contributed by atoms with van der Waals surface area (Å²) in [7, 11) is 0. The molecule has 0 saturated carbocycles. The molecule has 1 heterocycles. The number of nitrogens with zero attached hydrogens (tertiary/aromatic N) is 2. The normalized spacial score (nSPS) is 10.6. The van der Waals surface area contributed by atoms with E-state index >= 15 is 0 Å². The first-order valence-electron chi connectivity index (χ1n) is 7.51. The van der Waals surface area contributed by atoms with Gasteiger partial charge in [-0.1, -0.05) is 11.6 Å². The van der Waals surface area contributed by atoms with Crippen LogP contribution in [0, 0.1) is 11.6 Å². The lowest BCUT2D eigenvalue weighted by Crippen LogP contribution is -2.29. The molecular weight excluding hydrogens is 364 g/mol. The molecule has 1 N–H and O–H groups in total. The topological polar surface area (TPSA) is 64.0 Å². The second-order valence-electron chi connectivity index (χ2n) is 5.39. The van der Waals surface area contributed by atoms with Crippen LogP contribution in [0.2, 0.25) is 5.02 Å². The Kier molecular flexibility index (Phi) is 5.09. The minimum atomic E-state index is -0.650. The smallest absolute Gasteiger partial charge is 0.267 e. The number of aromatic nitrogens is 2. The van der Waals surface area contributed by atoms with Gasteiger partial charge < -0.3 is 5.32 Å². The first-order chi connectivity index (χ1) is 12.4. The lowest BCUT2D eigenvalue weighted by Gasteiger charge is -2.09. The van der Waals surface area contributed by atoms with Crippen LogP contribution < -0.4 is 10.9 Å². The number of carbonyl (C=O) groups is 1. The number of amides is 1. The van der Waals surface area contributed by atoms with Crippen LogP contribution in [-0.4, -0.2) is 15.7 Å². The van der Waals surface area contributed by atoms with Crippen molar-refractivity contribution in [3.63, 3.8) is 0 Å². The van der Waals surface area contributed by atoms with Crippen molar-refractivity contribution in [3.05, 3.63) is 81.6 Å². The van der Waals surface area contributed by atoms with Crippen LogP contribution in [0.4, 0.5) is 14.5 Å². The number of nitrogens with one attached hydrogen (secondary N) is 1. The van der Waals surface area contributed by atoms with Crippen LogP contribution in [0.15, 0.2) is 59.4 Å². The standard InChI is InChI=1S/C18H12ClF2N3O2/c19-12-3-6-14(21)16(9-12)22-17(25)10-24-18(26)8-7-15(23-24)11-1-4-13(20)5-2-11/h1-9H,10H2,(H,22,25). The van der Waals surface area contributed by atoms with Crippen molar-refractivity contribution in [1.29, 1.82) is 0 Å². The van der Waals surface area contributed by atoms with Crippen LogP contribution in [0.3, 0.4) is 0 Å². The van der Waals surface area contributed by atoms with Crippen LogP contribution >= 0.6 is 11.6 Å². The summed E-state index contributed by atoms with van der Waals surface area (Å²) in [5, 5.41) is 6.70. The van der Waals surface area contributed by atoms with Gasteiger partial charge >= 0.3 is 0 Å². The number of rotatable bonds is 4. The molecule has 3 aromatic rings. The van der Waals surface area contributed by atoms with Crippen LogP contribution in [0.1, 0.15) is 0 Å². The SMILES string of the molecule is O=C(Cn1nc(-c2ccc(F)cc2)ccc1=O)Nc1cc(Cl)ccc1F. The predicted molar refractivity (Wildman–Crippen MR) is 93.9 cm³/mol. The second-order valence-corrected chi connectivity index (χ2v) is 5.83. The third kappa shape index (κ3) is 4.12. The van der Waals surface area contributed by atoms with Gasteiger partial charge in [0.25, 0.3) is 5.56 Å². The zero-order chi connectivity index (χ0) is 18.7. The highest BCUT2D eigenvalue weighted by atomic mass is 35.5. The van der Waals surface area contributed by atoms with Crippen LogP contribution in [0.25, 0.3) is 11.3 Å². The van der Waals surface area contributed by atoms with E-state index in [0.29, 0.717) is 11.3 Å². The summed E-state index contributed by atoms with van der Waals surface area (Å²) >= 11 is 5.77. The van der Waals surface area contributed by atoms with Crippen molar-refractivity contribution in [2.75, 3.05) is 5.32 Å². The zero-order valence-electron chi connectivity index (χ0n) is 13.2. The van der Waals surface area contributed by atoms with E-state index in [2.05, 4.69) is 10.4 Å². The summed E-state index contributed by atoms with van der Waals surface area (Å²) in [6, 6.07) is 12.0. The van der Waals surface area contributed by atoms with E-state index in [9.17, 15) is 18.4 Å². The van der Waals surface area contributed by atoms with Gasteiger partial charge in [-0.25, -0.2) is 13.5 Å². The molecule has 132 valence electrons. The van der Waals surface area contributed by atoms with Gasteiger partial charge in [-0.2, -0.15) is 5.10 Å². The average molecular weight is 376 g/mol. The zero-order valence-corrected chi connectivity index (χ0v) is 14.0. The first-order valence-corrected chi connectivity index (χ1v) is 7.89. The van der Waals surface area contributed by atoms with Gasteiger partial charge in [-0.05, 0) is 48.5 Å². The number of benzene rings is 2. The number of carbonyl (C=O) groups excluding carboxylic acids is 1. The van der Waals surface area contributed by atoms with Gasteiger partial charge in [0.05, 0.1) is 11.4 Å². The van der Waals surface area contributed by atoms with Crippen molar-refractivity contribution in [1.82, 2.24) is 9.78 Å². The highest BCUT2D eigenvalue weighted by Gasteiger charge is 2.11. The Labute approximate surface area is 151 Å². The Morgan fingerprint density at radius 1 is 1.08 bits per heavy atom. The van der Waals surface area contributed by atoms with Crippen molar-refractivity contribution >= 4 is 23.2 Å². The number of hydrogen-bond donors (Lipinski definition) is 1. The Morgan fingerprint density at radius 3 is 2.54 bits per heavy atom. The summed E-state index contributed by atoms with van der Waals surface area (Å²) in [5.74, 6) is -1.69. The number of anilines is 1. The van der Waals surface area contributed by atoms with E-state index in [4.69, 9.17) is 11.6 Å². The van der Waals surface area contributed by atoms with E-state index in [1.54, 1.807) is 0 Å². The second kappa shape index (κ2) is 7.45. The molecule has 0 bridgehead atoms. The summed E-state index contributed by atoms with van der Waals surface area (Å²) < 4.78 is 27.6. The van der Waals surface area contributed by atoms with E-state index in [-0.39, 0.29) is 10.7 Å². The van der Waals surface area contributed by atoms with Crippen molar-refractivity contribution < 1.29 is 13.6 Å². The lowest BCUT2D eigenvalue weighted by atomic mass is 10.1. The molecule has 1 aromatic heterocycles. The number of hydrogen-bond acceptors (Lipinski definition) is 3. The lowest BCUT2D eigenvalue weighted by molar-refractivity contribution is -0.117. The van der Waals surface area contributed by atoms with E-state index in [1.807, 2.05) is 0 Å². The molecule has 2 aromatic carbocycles. The van der Waals surface area contributed by atoms with Crippen molar-refractivity contribution in [2.45, 2.75) is 6.54 Å². The minimum absolute atomic E-state index is 0.0924. The van der Waals surface area contributed by atoms with Gasteiger partial charge in [0, 0.05) is 16.7 Å². The molecule has 1 amide bonds. The molecule has 0 spiro atoms. The largest absolute Gasteiger partial charge is 0.322 e. The molecule has 0 unspecified atom stereocenters. The summed E-state index contributed by atoms with van der Waals surface area (Å²) in [6.07, 6.45) is 0. The maximum Gasteiger partial charge on any atom is 0.267 e. The Morgan fingerprint density at radius 2 is 1.81 bits per heavy atom. The fourth-order valence-corrected chi connectivity index (χ4v) is 2.43. The summed E-state index contributed by atoms with van der Waals surface area (Å²) in [4.78, 5) is 24.1. The van der Waals surface area contributed by atoms with E-state index in [0.717, 1.165) is 10.7 Å². The highest BCUT2D eigenvalue weighted by molar-refractivity contribution is 6.30. The van der Waals surface area contributed by atoms with E-state index < -0.39 is 29.6 Å². The van der Waals surface area contributed by atoms with Crippen LogP contribution in [-0.2, 0) is 11.3 Å². The third-order valence-electron chi connectivity index (χ3n) is 3.50. The van der Waals surface area contributed by atoms with Crippen molar-refractivity contribution in [3.8, 4) is 11.3 Å². The molecule has 8 heteroatoms. The Bertz CT molecular complexity index is 1020. The maximum absolute atomic E-state index is 13.7. The molecule has 26 heavy (non-hydrogen) atoms. The minimum Gasteiger partial charge on any atom is -0.322 e. The van der Waals surface area contributed by atoms with Gasteiger partial charge in [-0.3, -0.25) is 9.59 Å². The first kappa shape index (κ1) is 17.8. The average Bonchev–Trinajstić information content (AvgIpc) is 2.61. The molecule has 0 atom stereocenters. The fourth-order valence-electron chi connectivity index (χ4n) is 2.26. The molecule has 0 fully saturated rings. The van der Waals surface area contributed by atoms with Gasteiger partial charge in [-0.15, -0.1) is 0 Å².